The van der Waals surface area contributed by atoms with Crippen LogP contribution in [0.5, 0.6) is 0 Å². The lowest BCUT2D eigenvalue weighted by Gasteiger charge is -2.37. The molecule has 0 N–H and O–H groups in total. The van der Waals surface area contributed by atoms with Crippen LogP contribution in [0.1, 0.15) is 46.5 Å². The first kappa shape index (κ1) is 10.2. The van der Waals surface area contributed by atoms with Crippen LogP contribution in [0.3, 0.4) is 0 Å². The van der Waals surface area contributed by atoms with E-state index in [0.717, 1.165) is 25.2 Å². The van der Waals surface area contributed by atoms with Gasteiger partial charge >= 0.3 is 0 Å². The third-order valence-electron chi connectivity index (χ3n) is 3.66. The molecule has 2 aliphatic rings. The number of likely N-dealkylation sites (tertiary alicyclic amines) is 1. The summed E-state index contributed by atoms with van der Waals surface area (Å²) in [4.78, 5) is 14.1. The van der Waals surface area contributed by atoms with E-state index in [0.29, 0.717) is 11.8 Å². The minimum Gasteiger partial charge on any atom is -0.300 e. The van der Waals surface area contributed by atoms with Crippen LogP contribution >= 0.6 is 0 Å². The largest absolute Gasteiger partial charge is 0.300 e. The highest BCUT2D eigenvalue weighted by Crippen LogP contribution is 2.36. The summed E-state index contributed by atoms with van der Waals surface area (Å²) in [6.45, 7) is 7.98. The molecule has 1 saturated carbocycles. The van der Waals surface area contributed by atoms with Crippen LogP contribution in [-0.2, 0) is 4.79 Å². The van der Waals surface area contributed by atoms with Gasteiger partial charge in [-0.25, -0.2) is 0 Å². The minimum absolute atomic E-state index is 0.233. The summed E-state index contributed by atoms with van der Waals surface area (Å²) in [7, 11) is 0. The fourth-order valence-electron chi connectivity index (χ4n) is 2.97. The maximum absolute atomic E-state index is 11.5. The predicted molar refractivity (Wildman–Crippen MR) is 57.2 cm³/mol. The quantitative estimate of drug-likeness (QED) is 0.591. The van der Waals surface area contributed by atoms with E-state index in [1.165, 1.54) is 13.0 Å². The van der Waals surface area contributed by atoms with Gasteiger partial charge in [0.2, 0.25) is 0 Å². The van der Waals surface area contributed by atoms with E-state index in [-0.39, 0.29) is 5.54 Å². The van der Waals surface area contributed by atoms with Crippen molar-refractivity contribution in [3.8, 4) is 0 Å². The Bertz CT molecular complexity index is 241. The van der Waals surface area contributed by atoms with Gasteiger partial charge in [-0.1, -0.05) is 0 Å². The highest BCUT2D eigenvalue weighted by molar-refractivity contribution is 5.79. The Morgan fingerprint density at radius 1 is 1.36 bits per heavy atom. The second-order valence-corrected chi connectivity index (χ2v) is 5.86. The number of hydrogen-bond donors (Lipinski definition) is 0. The third-order valence-corrected chi connectivity index (χ3v) is 3.66. The van der Waals surface area contributed by atoms with Gasteiger partial charge < -0.3 is 0 Å². The zero-order chi connectivity index (χ0) is 10.3. The van der Waals surface area contributed by atoms with Gasteiger partial charge in [0.25, 0.3) is 0 Å². The second kappa shape index (κ2) is 3.34. The number of nitrogens with zero attached hydrogens (tertiary/aromatic N) is 1. The van der Waals surface area contributed by atoms with Crippen molar-refractivity contribution in [2.45, 2.75) is 58.0 Å². The van der Waals surface area contributed by atoms with Crippen molar-refractivity contribution in [1.82, 2.24) is 4.90 Å². The van der Waals surface area contributed by atoms with Gasteiger partial charge in [0.1, 0.15) is 5.78 Å². The molecule has 2 bridgehead atoms. The Morgan fingerprint density at radius 3 is 2.71 bits per heavy atom. The molecule has 0 spiro atoms. The summed E-state index contributed by atoms with van der Waals surface area (Å²) in [5.41, 5.74) is 0.233. The summed E-state index contributed by atoms with van der Waals surface area (Å²) < 4.78 is 0. The Balaban J connectivity index is 2.13. The van der Waals surface area contributed by atoms with Crippen molar-refractivity contribution in [1.29, 1.82) is 0 Å². The van der Waals surface area contributed by atoms with Crippen molar-refractivity contribution in [3.05, 3.63) is 0 Å². The first-order valence-electron chi connectivity index (χ1n) is 5.75. The molecular formula is C12H21NO. The molecule has 2 unspecified atom stereocenters. The fourth-order valence-corrected chi connectivity index (χ4v) is 2.97. The molecule has 0 amide bonds. The lowest BCUT2D eigenvalue weighted by Crippen LogP contribution is -2.45. The molecule has 14 heavy (non-hydrogen) atoms. The fraction of sp³-hybridized carbons (Fsp3) is 0.917. The Labute approximate surface area is 86.7 Å². The molecule has 1 heterocycles. The molecule has 0 aromatic heterocycles. The van der Waals surface area contributed by atoms with Crippen LogP contribution in [0.25, 0.3) is 0 Å². The SMILES string of the molecule is CC(C)(C)N1CC2CCC(=O)CC1C2. The number of fused-ring (bicyclic) bond motifs is 2. The van der Waals surface area contributed by atoms with E-state index in [9.17, 15) is 4.79 Å². The number of carbonyl (C=O) groups is 1. The lowest BCUT2D eigenvalue weighted by molar-refractivity contribution is -0.120. The number of ketones is 1. The van der Waals surface area contributed by atoms with E-state index in [4.69, 9.17) is 0 Å². The molecule has 1 aliphatic heterocycles. The topological polar surface area (TPSA) is 20.3 Å². The summed E-state index contributed by atoms with van der Waals surface area (Å²) in [6.07, 6.45) is 4.01. The van der Waals surface area contributed by atoms with Gasteiger partial charge in [-0.2, -0.15) is 0 Å². The molecule has 2 atom stereocenters. The maximum atomic E-state index is 11.5. The standard InChI is InChI=1S/C12H21NO/c1-12(2,3)13-8-9-4-5-11(14)7-10(13)6-9/h9-10H,4-8H2,1-3H3. The molecule has 2 heteroatoms. The van der Waals surface area contributed by atoms with Gasteiger partial charge in [-0.05, 0) is 39.5 Å². The van der Waals surface area contributed by atoms with E-state index >= 15 is 0 Å². The Hall–Kier alpha value is -0.370. The van der Waals surface area contributed by atoms with Crippen LogP contribution < -0.4 is 0 Å². The lowest BCUT2D eigenvalue weighted by atomic mass is 10.0. The molecule has 0 aromatic rings. The molecular weight excluding hydrogens is 174 g/mol. The number of Topliss-reactive ketones (excluding diaryl/α,β-unsaturated/α-hetero) is 1. The van der Waals surface area contributed by atoms with Crippen molar-refractivity contribution >= 4 is 5.78 Å². The van der Waals surface area contributed by atoms with Crippen LogP contribution in [0.2, 0.25) is 0 Å². The summed E-state index contributed by atoms with van der Waals surface area (Å²) in [6, 6.07) is 0.537. The highest BCUT2D eigenvalue weighted by atomic mass is 16.1. The third kappa shape index (κ3) is 1.85. The first-order chi connectivity index (χ1) is 6.47. The highest BCUT2D eigenvalue weighted by Gasteiger charge is 2.40. The van der Waals surface area contributed by atoms with Crippen LogP contribution in [0.15, 0.2) is 0 Å². The average molecular weight is 195 g/mol. The minimum atomic E-state index is 0.233. The zero-order valence-corrected chi connectivity index (χ0v) is 9.55. The number of rotatable bonds is 0. The monoisotopic (exact) mass is 195 g/mol. The Kier molecular flexibility index (Phi) is 2.42. The van der Waals surface area contributed by atoms with E-state index in [1.54, 1.807) is 0 Å². The molecule has 1 aliphatic carbocycles. The van der Waals surface area contributed by atoms with Gasteiger partial charge in [-0.15, -0.1) is 0 Å². The maximum Gasteiger partial charge on any atom is 0.134 e. The average Bonchev–Trinajstić information content (AvgIpc) is 2.33. The van der Waals surface area contributed by atoms with Gasteiger partial charge in [0.05, 0.1) is 0 Å². The molecule has 0 radical (unpaired) electrons. The Morgan fingerprint density at radius 2 is 2.07 bits per heavy atom. The predicted octanol–water partition coefficient (Wildman–Crippen LogP) is 2.23. The van der Waals surface area contributed by atoms with Crippen LogP contribution in [0, 0.1) is 5.92 Å². The molecule has 1 saturated heterocycles. The first-order valence-corrected chi connectivity index (χ1v) is 5.75. The normalized spacial score (nSPS) is 34.6. The van der Waals surface area contributed by atoms with E-state index in [1.807, 2.05) is 0 Å². The van der Waals surface area contributed by atoms with Crippen LogP contribution in [0.4, 0.5) is 0 Å². The molecule has 0 aromatic carbocycles. The van der Waals surface area contributed by atoms with E-state index < -0.39 is 0 Å². The summed E-state index contributed by atoms with van der Waals surface area (Å²) in [5.74, 6) is 1.26. The van der Waals surface area contributed by atoms with Crippen molar-refractivity contribution in [2.75, 3.05) is 6.54 Å². The smallest absolute Gasteiger partial charge is 0.134 e. The van der Waals surface area contributed by atoms with Gasteiger partial charge in [-0.3, -0.25) is 9.69 Å². The van der Waals surface area contributed by atoms with Crippen LogP contribution in [-0.4, -0.2) is 28.8 Å². The second-order valence-electron chi connectivity index (χ2n) is 5.86. The van der Waals surface area contributed by atoms with Crippen molar-refractivity contribution in [2.24, 2.45) is 5.92 Å². The van der Waals surface area contributed by atoms with Gasteiger partial charge in [0, 0.05) is 31.0 Å². The van der Waals surface area contributed by atoms with Crippen molar-refractivity contribution in [3.63, 3.8) is 0 Å². The van der Waals surface area contributed by atoms with Gasteiger partial charge in [0.15, 0.2) is 0 Å². The number of hydrogen-bond acceptors (Lipinski definition) is 2. The van der Waals surface area contributed by atoms with E-state index in [2.05, 4.69) is 25.7 Å². The molecule has 2 nitrogen and oxygen atoms in total. The molecule has 2 rings (SSSR count). The summed E-state index contributed by atoms with van der Waals surface area (Å²) >= 11 is 0. The number of carbonyl (C=O) groups excluding carboxylic acids is 1. The molecule has 2 fully saturated rings. The zero-order valence-electron chi connectivity index (χ0n) is 9.55. The van der Waals surface area contributed by atoms with Crippen molar-refractivity contribution < 1.29 is 4.79 Å². The molecule has 80 valence electrons. The summed E-state index contributed by atoms with van der Waals surface area (Å²) in [5, 5.41) is 0.